The Morgan fingerprint density at radius 1 is 1.15 bits per heavy atom. The molecule has 0 saturated heterocycles. The Bertz CT molecular complexity index is 579. The first-order valence-electron chi connectivity index (χ1n) is 7.29. The maximum Gasteiger partial charge on any atom is 0.121 e. The molecule has 1 aliphatic carbocycles. The molecule has 0 aromatic heterocycles. The van der Waals surface area contributed by atoms with Crippen LogP contribution in [0.25, 0.3) is 0 Å². The Kier molecular flexibility index (Phi) is 3.75. The molecule has 0 heterocycles. The third-order valence-corrected chi connectivity index (χ3v) is 4.12. The van der Waals surface area contributed by atoms with E-state index in [4.69, 9.17) is 4.74 Å². The molecular weight excluding hydrogens is 246 g/mol. The number of aryl methyl sites for hydroxylation is 1. The molecule has 2 aromatic rings. The van der Waals surface area contributed by atoms with Gasteiger partial charge in [-0.2, -0.15) is 0 Å². The summed E-state index contributed by atoms with van der Waals surface area (Å²) in [6.07, 6.45) is 2.40. The summed E-state index contributed by atoms with van der Waals surface area (Å²) in [6.45, 7) is 2.10. The molecule has 2 nitrogen and oxygen atoms in total. The van der Waals surface area contributed by atoms with Crippen molar-refractivity contribution in [2.75, 3.05) is 7.05 Å². The van der Waals surface area contributed by atoms with Crippen LogP contribution in [0.4, 0.5) is 0 Å². The summed E-state index contributed by atoms with van der Waals surface area (Å²) >= 11 is 0. The SMILES string of the molecule is CNC1CCc2cc(OC(C)c3ccccc3)ccc21. The third-order valence-electron chi connectivity index (χ3n) is 4.12. The molecule has 2 aromatic carbocycles. The van der Waals surface area contributed by atoms with Gasteiger partial charge in [0.2, 0.25) is 0 Å². The molecule has 0 aliphatic heterocycles. The van der Waals surface area contributed by atoms with E-state index in [1.807, 2.05) is 13.1 Å². The van der Waals surface area contributed by atoms with Crippen LogP contribution in [0.5, 0.6) is 5.75 Å². The molecule has 0 amide bonds. The van der Waals surface area contributed by atoms with Crippen LogP contribution in [0.2, 0.25) is 0 Å². The highest BCUT2D eigenvalue weighted by molar-refractivity contribution is 5.41. The maximum absolute atomic E-state index is 6.07. The summed E-state index contributed by atoms with van der Waals surface area (Å²) in [7, 11) is 2.03. The number of benzene rings is 2. The summed E-state index contributed by atoms with van der Waals surface area (Å²) < 4.78 is 6.07. The van der Waals surface area contributed by atoms with Crippen LogP contribution < -0.4 is 10.1 Å². The zero-order chi connectivity index (χ0) is 13.9. The molecule has 0 bridgehead atoms. The lowest BCUT2D eigenvalue weighted by atomic mass is 10.1. The average molecular weight is 267 g/mol. The Morgan fingerprint density at radius 3 is 2.70 bits per heavy atom. The van der Waals surface area contributed by atoms with E-state index >= 15 is 0 Å². The predicted molar refractivity (Wildman–Crippen MR) is 82.0 cm³/mol. The van der Waals surface area contributed by atoms with Crippen molar-refractivity contribution in [3.63, 3.8) is 0 Å². The van der Waals surface area contributed by atoms with Gasteiger partial charge in [0, 0.05) is 6.04 Å². The second-order valence-electron chi connectivity index (χ2n) is 5.41. The second-order valence-corrected chi connectivity index (χ2v) is 5.41. The van der Waals surface area contributed by atoms with Crippen LogP contribution >= 0.6 is 0 Å². The standard InChI is InChI=1S/C18H21NO/c1-13(14-6-4-3-5-7-14)20-16-9-10-17-15(12-16)8-11-18(17)19-2/h3-7,9-10,12-13,18-19H,8,11H2,1-2H3. The van der Waals surface area contributed by atoms with Crippen molar-refractivity contribution in [2.24, 2.45) is 0 Å². The number of ether oxygens (including phenoxy) is 1. The fourth-order valence-corrected chi connectivity index (χ4v) is 2.96. The molecule has 0 saturated carbocycles. The average Bonchev–Trinajstić information content (AvgIpc) is 2.90. The van der Waals surface area contributed by atoms with Crippen LogP contribution in [0, 0.1) is 0 Å². The van der Waals surface area contributed by atoms with E-state index in [9.17, 15) is 0 Å². The molecule has 3 rings (SSSR count). The number of rotatable bonds is 4. The normalized spacial score (nSPS) is 18.6. The van der Waals surface area contributed by atoms with Crippen molar-refractivity contribution in [3.8, 4) is 5.75 Å². The Balaban J connectivity index is 1.76. The molecule has 104 valence electrons. The molecule has 2 heteroatoms. The zero-order valence-electron chi connectivity index (χ0n) is 12.1. The predicted octanol–water partition coefficient (Wildman–Crippen LogP) is 4.03. The largest absolute Gasteiger partial charge is 0.486 e. The van der Waals surface area contributed by atoms with Gasteiger partial charge in [-0.3, -0.25) is 0 Å². The molecule has 1 aliphatic rings. The summed E-state index contributed by atoms with van der Waals surface area (Å²) in [4.78, 5) is 0. The van der Waals surface area contributed by atoms with E-state index in [0.717, 1.165) is 12.2 Å². The van der Waals surface area contributed by atoms with Gasteiger partial charge >= 0.3 is 0 Å². The van der Waals surface area contributed by atoms with Crippen LogP contribution in [-0.4, -0.2) is 7.05 Å². The lowest BCUT2D eigenvalue weighted by Gasteiger charge is -2.16. The highest BCUT2D eigenvalue weighted by atomic mass is 16.5. The fraction of sp³-hybridized carbons (Fsp3) is 0.333. The van der Waals surface area contributed by atoms with Crippen molar-refractivity contribution in [3.05, 3.63) is 65.2 Å². The van der Waals surface area contributed by atoms with Gasteiger partial charge in [-0.15, -0.1) is 0 Å². The Morgan fingerprint density at radius 2 is 1.95 bits per heavy atom. The maximum atomic E-state index is 6.07. The lowest BCUT2D eigenvalue weighted by molar-refractivity contribution is 0.227. The van der Waals surface area contributed by atoms with Gasteiger partial charge in [0.25, 0.3) is 0 Å². The van der Waals surface area contributed by atoms with Gasteiger partial charge in [0.15, 0.2) is 0 Å². The van der Waals surface area contributed by atoms with Gasteiger partial charge in [-0.05, 0) is 55.6 Å². The summed E-state index contributed by atoms with van der Waals surface area (Å²) in [6, 6.07) is 17.3. The van der Waals surface area contributed by atoms with Crippen molar-refractivity contribution in [1.29, 1.82) is 0 Å². The molecule has 1 N–H and O–H groups in total. The van der Waals surface area contributed by atoms with E-state index in [1.165, 1.54) is 23.1 Å². The van der Waals surface area contributed by atoms with Crippen molar-refractivity contribution < 1.29 is 4.74 Å². The molecule has 0 radical (unpaired) electrons. The van der Waals surface area contributed by atoms with Gasteiger partial charge in [0.05, 0.1) is 0 Å². The Hall–Kier alpha value is -1.80. The van der Waals surface area contributed by atoms with Gasteiger partial charge in [-0.25, -0.2) is 0 Å². The molecule has 0 spiro atoms. The first kappa shape index (κ1) is 13.2. The first-order chi connectivity index (χ1) is 9.78. The molecular formula is C18H21NO. The van der Waals surface area contributed by atoms with Crippen LogP contribution in [-0.2, 0) is 6.42 Å². The van der Waals surface area contributed by atoms with E-state index in [-0.39, 0.29) is 6.10 Å². The van der Waals surface area contributed by atoms with Crippen molar-refractivity contribution in [1.82, 2.24) is 5.32 Å². The highest BCUT2D eigenvalue weighted by Gasteiger charge is 2.21. The smallest absolute Gasteiger partial charge is 0.121 e. The van der Waals surface area contributed by atoms with Gasteiger partial charge in [-0.1, -0.05) is 36.4 Å². The quantitative estimate of drug-likeness (QED) is 0.903. The first-order valence-corrected chi connectivity index (χ1v) is 7.29. The molecule has 2 unspecified atom stereocenters. The second kappa shape index (κ2) is 5.68. The third kappa shape index (κ3) is 2.56. The van der Waals surface area contributed by atoms with E-state index < -0.39 is 0 Å². The topological polar surface area (TPSA) is 21.3 Å². The minimum absolute atomic E-state index is 0.0794. The summed E-state index contributed by atoms with van der Waals surface area (Å²) in [5.41, 5.74) is 4.05. The lowest BCUT2D eigenvalue weighted by Crippen LogP contribution is -2.12. The number of hydrogen-bond acceptors (Lipinski definition) is 2. The summed E-state index contributed by atoms with van der Waals surface area (Å²) in [5.74, 6) is 0.969. The fourth-order valence-electron chi connectivity index (χ4n) is 2.96. The van der Waals surface area contributed by atoms with E-state index in [1.54, 1.807) is 0 Å². The molecule has 2 atom stereocenters. The minimum Gasteiger partial charge on any atom is -0.486 e. The number of nitrogens with one attached hydrogen (secondary N) is 1. The summed E-state index contributed by atoms with van der Waals surface area (Å²) in [5, 5.41) is 3.37. The van der Waals surface area contributed by atoms with Crippen molar-refractivity contribution >= 4 is 0 Å². The highest BCUT2D eigenvalue weighted by Crippen LogP contribution is 2.34. The Labute approximate surface area is 120 Å². The number of hydrogen-bond donors (Lipinski definition) is 1. The van der Waals surface area contributed by atoms with Gasteiger partial charge in [0.1, 0.15) is 11.9 Å². The molecule has 20 heavy (non-hydrogen) atoms. The minimum atomic E-state index is 0.0794. The van der Waals surface area contributed by atoms with Crippen LogP contribution in [0.15, 0.2) is 48.5 Å². The molecule has 0 fully saturated rings. The monoisotopic (exact) mass is 267 g/mol. The van der Waals surface area contributed by atoms with E-state index in [0.29, 0.717) is 6.04 Å². The number of fused-ring (bicyclic) bond motifs is 1. The van der Waals surface area contributed by atoms with Gasteiger partial charge < -0.3 is 10.1 Å². The van der Waals surface area contributed by atoms with Crippen molar-refractivity contribution in [2.45, 2.75) is 31.9 Å². The van der Waals surface area contributed by atoms with E-state index in [2.05, 4.69) is 54.7 Å². The zero-order valence-corrected chi connectivity index (χ0v) is 12.1. The van der Waals surface area contributed by atoms with Crippen LogP contribution in [0.1, 0.15) is 42.2 Å². The van der Waals surface area contributed by atoms with Crippen LogP contribution in [0.3, 0.4) is 0 Å².